The quantitative estimate of drug-likeness (QED) is 0.621. The second kappa shape index (κ2) is 8.81. The van der Waals surface area contributed by atoms with E-state index in [1.165, 1.54) is 12.1 Å². The van der Waals surface area contributed by atoms with Crippen molar-refractivity contribution in [3.8, 4) is 11.3 Å². The fourth-order valence-corrected chi connectivity index (χ4v) is 3.63. The van der Waals surface area contributed by atoms with E-state index in [2.05, 4.69) is 4.98 Å². The Bertz CT molecular complexity index is 1140. The summed E-state index contributed by atoms with van der Waals surface area (Å²) in [5.74, 6) is 1.06. The van der Waals surface area contributed by atoms with Gasteiger partial charge in [-0.05, 0) is 31.5 Å². The first kappa shape index (κ1) is 21.7. The Labute approximate surface area is 176 Å². The summed E-state index contributed by atoms with van der Waals surface area (Å²) in [7, 11) is -2.11. The lowest BCUT2D eigenvalue weighted by Crippen LogP contribution is -2.30. The van der Waals surface area contributed by atoms with Gasteiger partial charge in [-0.1, -0.05) is 42.0 Å². The molecule has 30 heavy (non-hydrogen) atoms. The molecular weight excluding hydrogens is 402 g/mol. The molecule has 8 heteroatoms. The summed E-state index contributed by atoms with van der Waals surface area (Å²) in [4.78, 5) is 18.5. The first-order valence-electron chi connectivity index (χ1n) is 9.55. The van der Waals surface area contributed by atoms with Gasteiger partial charge in [-0.25, -0.2) is 18.5 Å². The highest BCUT2D eigenvalue weighted by Crippen LogP contribution is 2.24. The molecule has 1 atom stereocenters. The molecule has 0 spiro atoms. The molecule has 2 N–H and O–H groups in total. The normalized spacial score (nSPS) is 12.5. The van der Waals surface area contributed by atoms with Crippen LogP contribution >= 0.6 is 0 Å². The number of benzene rings is 2. The number of aromatic nitrogens is 1. The Hall–Kier alpha value is -2.97. The van der Waals surface area contributed by atoms with Crippen LogP contribution < -0.4 is 5.14 Å². The maximum Gasteiger partial charge on any atom is 0.238 e. The van der Waals surface area contributed by atoms with Gasteiger partial charge in [0.2, 0.25) is 15.9 Å². The van der Waals surface area contributed by atoms with E-state index in [0.717, 1.165) is 11.1 Å². The predicted octanol–water partition coefficient (Wildman–Crippen LogP) is 3.45. The van der Waals surface area contributed by atoms with Crippen molar-refractivity contribution >= 4 is 15.9 Å². The Kier molecular flexibility index (Phi) is 6.38. The van der Waals surface area contributed by atoms with E-state index >= 15 is 0 Å². The van der Waals surface area contributed by atoms with Gasteiger partial charge in [0, 0.05) is 25.5 Å². The van der Waals surface area contributed by atoms with Gasteiger partial charge < -0.3 is 9.32 Å². The number of hydrogen-bond donors (Lipinski definition) is 1. The van der Waals surface area contributed by atoms with Crippen molar-refractivity contribution in [1.82, 2.24) is 9.88 Å². The zero-order valence-corrected chi connectivity index (χ0v) is 18.0. The molecule has 0 bridgehead atoms. The van der Waals surface area contributed by atoms with E-state index in [1.54, 1.807) is 30.3 Å². The molecule has 3 aromatic rings. The summed E-state index contributed by atoms with van der Waals surface area (Å²) in [6.07, 6.45) is 2.26. The highest BCUT2D eigenvalue weighted by Gasteiger charge is 2.20. The first-order valence-corrected chi connectivity index (χ1v) is 11.1. The molecule has 1 amide bonds. The van der Waals surface area contributed by atoms with E-state index in [4.69, 9.17) is 9.56 Å². The molecule has 0 saturated heterocycles. The van der Waals surface area contributed by atoms with E-state index < -0.39 is 10.0 Å². The minimum absolute atomic E-state index is 0.0242. The van der Waals surface area contributed by atoms with Crippen LogP contribution in [0.1, 0.15) is 36.4 Å². The van der Waals surface area contributed by atoms with Gasteiger partial charge >= 0.3 is 0 Å². The standard InChI is InChI=1S/C22H25N3O4S/c1-15-7-9-17(10-8-15)20-14-24-21(29-20)11-12-22(26)25(3)16(2)18-5-4-6-19(13-18)30(23,27)28/h4-10,13-14,16H,11-12H2,1-3H3,(H2,23,27,28). The number of sulfonamides is 1. The molecule has 0 radical (unpaired) electrons. The molecule has 3 rings (SSSR count). The number of nitrogens with two attached hydrogens (primary N) is 1. The van der Waals surface area contributed by atoms with Gasteiger partial charge in [-0.2, -0.15) is 0 Å². The highest BCUT2D eigenvalue weighted by molar-refractivity contribution is 7.89. The van der Waals surface area contributed by atoms with Gasteiger partial charge in [0.1, 0.15) is 0 Å². The number of oxazole rings is 1. The summed E-state index contributed by atoms with van der Waals surface area (Å²) < 4.78 is 28.9. The predicted molar refractivity (Wildman–Crippen MR) is 114 cm³/mol. The van der Waals surface area contributed by atoms with Crippen LogP contribution in [0.3, 0.4) is 0 Å². The van der Waals surface area contributed by atoms with Crippen molar-refractivity contribution in [2.75, 3.05) is 7.05 Å². The molecule has 7 nitrogen and oxygen atoms in total. The van der Waals surface area contributed by atoms with Gasteiger partial charge in [-0.15, -0.1) is 0 Å². The van der Waals surface area contributed by atoms with E-state index in [-0.39, 0.29) is 23.3 Å². The lowest BCUT2D eigenvalue weighted by molar-refractivity contribution is -0.131. The summed E-state index contributed by atoms with van der Waals surface area (Å²) in [5.41, 5.74) is 2.79. The number of primary sulfonamides is 1. The molecule has 2 aromatic carbocycles. The van der Waals surface area contributed by atoms with Gasteiger partial charge in [0.05, 0.1) is 17.1 Å². The smallest absolute Gasteiger partial charge is 0.238 e. The third kappa shape index (κ3) is 5.14. The average Bonchev–Trinajstić information content (AvgIpc) is 3.20. The second-order valence-corrected chi connectivity index (χ2v) is 8.84. The topological polar surface area (TPSA) is 106 Å². The fraction of sp³-hybridized carbons (Fsp3) is 0.273. The van der Waals surface area contributed by atoms with Crippen LogP contribution in [0.15, 0.2) is 64.0 Å². The monoisotopic (exact) mass is 427 g/mol. The van der Waals surface area contributed by atoms with Crippen LogP contribution in [-0.4, -0.2) is 31.3 Å². The summed E-state index contributed by atoms with van der Waals surface area (Å²) in [5, 5.41) is 5.20. The molecule has 0 aliphatic carbocycles. The number of aryl methyl sites for hydroxylation is 2. The van der Waals surface area contributed by atoms with Crippen LogP contribution in [0, 0.1) is 6.92 Å². The zero-order chi connectivity index (χ0) is 21.9. The Morgan fingerprint density at radius 2 is 1.90 bits per heavy atom. The summed E-state index contributed by atoms with van der Waals surface area (Å²) >= 11 is 0. The SMILES string of the molecule is Cc1ccc(-c2cnc(CCC(=O)N(C)C(C)c3cccc(S(N)(=O)=O)c3)o2)cc1. The molecule has 1 heterocycles. The van der Waals surface area contributed by atoms with Crippen LogP contribution in [0.25, 0.3) is 11.3 Å². The van der Waals surface area contributed by atoms with Crippen molar-refractivity contribution in [1.29, 1.82) is 0 Å². The van der Waals surface area contributed by atoms with E-state index in [1.807, 2.05) is 38.1 Å². The second-order valence-electron chi connectivity index (χ2n) is 7.28. The minimum atomic E-state index is -3.80. The molecule has 0 fully saturated rings. The van der Waals surface area contributed by atoms with Crippen LogP contribution in [0.4, 0.5) is 0 Å². The Morgan fingerprint density at radius 1 is 1.20 bits per heavy atom. The fourth-order valence-electron chi connectivity index (χ4n) is 3.06. The molecule has 1 unspecified atom stereocenters. The van der Waals surface area contributed by atoms with E-state index in [0.29, 0.717) is 23.6 Å². The Balaban J connectivity index is 1.63. The maximum atomic E-state index is 12.6. The number of hydrogen-bond acceptors (Lipinski definition) is 5. The molecule has 0 aliphatic rings. The van der Waals surface area contributed by atoms with Crippen molar-refractivity contribution in [3.05, 3.63) is 71.7 Å². The lowest BCUT2D eigenvalue weighted by Gasteiger charge is -2.25. The highest BCUT2D eigenvalue weighted by atomic mass is 32.2. The van der Waals surface area contributed by atoms with Crippen LogP contribution in [0.2, 0.25) is 0 Å². The van der Waals surface area contributed by atoms with Gasteiger partial charge in [0.15, 0.2) is 11.7 Å². The first-order chi connectivity index (χ1) is 14.1. The van der Waals surface area contributed by atoms with Crippen molar-refractivity contribution in [3.63, 3.8) is 0 Å². The number of nitrogens with zero attached hydrogens (tertiary/aromatic N) is 2. The largest absolute Gasteiger partial charge is 0.441 e. The van der Waals surface area contributed by atoms with Crippen molar-refractivity contribution < 1.29 is 17.6 Å². The molecule has 1 aromatic heterocycles. The van der Waals surface area contributed by atoms with Gasteiger partial charge in [0.25, 0.3) is 0 Å². The van der Waals surface area contributed by atoms with Gasteiger partial charge in [-0.3, -0.25) is 4.79 Å². The third-order valence-electron chi connectivity index (χ3n) is 5.09. The number of rotatable bonds is 7. The number of amides is 1. The molecule has 158 valence electrons. The number of carbonyl (C=O) groups excluding carboxylic acids is 1. The molecular formula is C22H25N3O4S. The average molecular weight is 428 g/mol. The minimum Gasteiger partial charge on any atom is -0.441 e. The third-order valence-corrected chi connectivity index (χ3v) is 6.00. The maximum absolute atomic E-state index is 12.6. The zero-order valence-electron chi connectivity index (χ0n) is 17.2. The van der Waals surface area contributed by atoms with Crippen LogP contribution in [-0.2, 0) is 21.2 Å². The summed E-state index contributed by atoms with van der Waals surface area (Å²) in [6, 6.07) is 13.9. The number of carbonyl (C=O) groups is 1. The summed E-state index contributed by atoms with van der Waals surface area (Å²) in [6.45, 7) is 3.85. The van der Waals surface area contributed by atoms with Crippen molar-refractivity contribution in [2.24, 2.45) is 5.14 Å². The van der Waals surface area contributed by atoms with Crippen LogP contribution in [0.5, 0.6) is 0 Å². The van der Waals surface area contributed by atoms with Crippen molar-refractivity contribution in [2.45, 2.75) is 37.6 Å². The lowest BCUT2D eigenvalue weighted by atomic mass is 10.1. The Morgan fingerprint density at radius 3 is 2.57 bits per heavy atom. The molecule has 0 saturated carbocycles. The van der Waals surface area contributed by atoms with E-state index in [9.17, 15) is 13.2 Å². The molecule has 0 aliphatic heterocycles.